The Hall–Kier alpha value is -1.58. The van der Waals surface area contributed by atoms with Gasteiger partial charge in [0, 0.05) is 19.3 Å². The van der Waals surface area contributed by atoms with Gasteiger partial charge >= 0.3 is 0 Å². The van der Waals surface area contributed by atoms with Gasteiger partial charge in [0.2, 0.25) is 0 Å². The summed E-state index contributed by atoms with van der Waals surface area (Å²) in [5, 5.41) is 0. The molecule has 3 nitrogen and oxygen atoms in total. The van der Waals surface area contributed by atoms with Crippen LogP contribution in [0.2, 0.25) is 0 Å². The first-order valence-corrected chi connectivity index (χ1v) is 4.94. The topological polar surface area (TPSA) is 41.6 Å². The van der Waals surface area contributed by atoms with Crippen LogP contribution >= 0.6 is 0 Å². The van der Waals surface area contributed by atoms with Crippen molar-refractivity contribution in [3.63, 3.8) is 0 Å². The Kier molecular flexibility index (Phi) is 4.09. The summed E-state index contributed by atoms with van der Waals surface area (Å²) in [5.74, 6) is 0.194. The summed E-state index contributed by atoms with van der Waals surface area (Å²) < 4.78 is 12.7. The van der Waals surface area contributed by atoms with Crippen LogP contribution in [0.3, 0.4) is 0 Å². The Balaban J connectivity index is 2.75. The van der Waals surface area contributed by atoms with Crippen molar-refractivity contribution in [3.8, 4) is 0 Å². The Morgan fingerprint density at radius 1 is 1.40 bits per heavy atom. The van der Waals surface area contributed by atoms with Gasteiger partial charge < -0.3 is 10.6 Å². The minimum absolute atomic E-state index is 0.254. The second-order valence-corrected chi connectivity index (χ2v) is 3.28. The molecule has 0 atom stereocenters. The third-order valence-corrected chi connectivity index (χ3v) is 2.05. The maximum Gasteiger partial charge on any atom is 0.195 e. The fraction of sp³-hybridized carbons (Fsp3) is 0.364. The molecule has 2 N–H and O–H groups in total. The maximum atomic E-state index is 12.7. The van der Waals surface area contributed by atoms with Crippen LogP contribution in [0.15, 0.2) is 29.3 Å². The van der Waals surface area contributed by atoms with Crippen molar-refractivity contribution in [2.24, 2.45) is 10.7 Å². The highest BCUT2D eigenvalue weighted by molar-refractivity contribution is 5.94. The molecule has 0 saturated heterocycles. The number of halogens is 1. The van der Waals surface area contributed by atoms with E-state index in [-0.39, 0.29) is 5.82 Å². The molecule has 0 saturated carbocycles. The Labute approximate surface area is 89.4 Å². The molecule has 4 heteroatoms. The molecule has 15 heavy (non-hydrogen) atoms. The predicted molar refractivity (Wildman–Crippen MR) is 61.6 cm³/mol. The van der Waals surface area contributed by atoms with E-state index >= 15 is 0 Å². The Morgan fingerprint density at radius 2 is 2.00 bits per heavy atom. The van der Waals surface area contributed by atoms with Gasteiger partial charge in [-0.25, -0.2) is 4.39 Å². The van der Waals surface area contributed by atoms with Gasteiger partial charge in [-0.1, -0.05) is 6.92 Å². The molecule has 0 aliphatic heterocycles. The molecule has 0 radical (unpaired) electrons. The summed E-state index contributed by atoms with van der Waals surface area (Å²) in [7, 11) is 1.81. The first-order chi connectivity index (χ1) is 7.15. The van der Waals surface area contributed by atoms with E-state index in [0.29, 0.717) is 12.5 Å². The number of hydrogen-bond donors (Lipinski definition) is 1. The zero-order valence-electron chi connectivity index (χ0n) is 9.07. The van der Waals surface area contributed by atoms with Crippen LogP contribution in [-0.4, -0.2) is 19.6 Å². The highest BCUT2D eigenvalue weighted by atomic mass is 19.1. The summed E-state index contributed by atoms with van der Waals surface area (Å²) in [6.07, 6.45) is 0.956. The molecule has 0 aromatic heterocycles. The van der Waals surface area contributed by atoms with Crippen molar-refractivity contribution in [1.29, 1.82) is 0 Å². The van der Waals surface area contributed by atoms with Crippen LogP contribution in [-0.2, 0) is 0 Å². The molecule has 0 aliphatic rings. The molecule has 1 aromatic carbocycles. The molecule has 82 valence electrons. The van der Waals surface area contributed by atoms with Crippen molar-refractivity contribution in [1.82, 2.24) is 0 Å². The van der Waals surface area contributed by atoms with E-state index in [1.165, 1.54) is 12.1 Å². The highest BCUT2D eigenvalue weighted by Gasteiger charge is 2.03. The lowest BCUT2D eigenvalue weighted by molar-refractivity contribution is 0.628. The molecule has 0 fully saturated rings. The van der Waals surface area contributed by atoms with E-state index in [9.17, 15) is 4.39 Å². The number of aliphatic imine (C=N–C) groups is 1. The number of anilines is 1. The largest absolute Gasteiger partial charge is 0.370 e. The summed E-state index contributed by atoms with van der Waals surface area (Å²) in [5.41, 5.74) is 6.58. The van der Waals surface area contributed by atoms with Gasteiger partial charge in [0.05, 0.1) is 0 Å². The molecule has 1 rings (SSSR count). The second kappa shape index (κ2) is 5.34. The third-order valence-electron chi connectivity index (χ3n) is 2.05. The molecule has 0 bridgehead atoms. The predicted octanol–water partition coefficient (Wildman–Crippen LogP) is 1.99. The van der Waals surface area contributed by atoms with E-state index in [2.05, 4.69) is 4.99 Å². The molecule has 0 amide bonds. The van der Waals surface area contributed by atoms with Gasteiger partial charge in [-0.05, 0) is 30.7 Å². The normalized spacial score (nSPS) is 11.5. The number of hydrogen-bond acceptors (Lipinski definition) is 1. The molecule has 0 spiro atoms. The fourth-order valence-corrected chi connectivity index (χ4v) is 1.13. The standard InChI is InChI=1S/C11H16FN3/c1-3-8-14-11(13)15(2)10-6-4-9(12)5-7-10/h4-7H,3,8H2,1-2H3,(H2,13,14). The van der Waals surface area contributed by atoms with Crippen LogP contribution < -0.4 is 10.6 Å². The monoisotopic (exact) mass is 209 g/mol. The lowest BCUT2D eigenvalue weighted by Gasteiger charge is -2.17. The van der Waals surface area contributed by atoms with Crippen LogP contribution in [0.4, 0.5) is 10.1 Å². The molecule has 0 aliphatic carbocycles. The van der Waals surface area contributed by atoms with E-state index in [0.717, 1.165) is 12.1 Å². The molecule has 0 unspecified atom stereocenters. The Morgan fingerprint density at radius 3 is 2.53 bits per heavy atom. The van der Waals surface area contributed by atoms with Gasteiger partial charge in [0.25, 0.3) is 0 Å². The smallest absolute Gasteiger partial charge is 0.195 e. The Bertz CT molecular complexity index is 332. The lowest BCUT2D eigenvalue weighted by Crippen LogP contribution is -2.34. The van der Waals surface area contributed by atoms with Crippen LogP contribution in [0, 0.1) is 5.82 Å². The van der Waals surface area contributed by atoms with Crippen LogP contribution in [0.1, 0.15) is 13.3 Å². The lowest BCUT2D eigenvalue weighted by atomic mass is 10.3. The van der Waals surface area contributed by atoms with Gasteiger partial charge in [0.15, 0.2) is 5.96 Å². The summed E-state index contributed by atoms with van der Waals surface area (Å²) >= 11 is 0. The van der Waals surface area contributed by atoms with Crippen molar-refractivity contribution in [2.45, 2.75) is 13.3 Å². The summed E-state index contributed by atoms with van der Waals surface area (Å²) in [6.45, 7) is 2.74. The van der Waals surface area contributed by atoms with Gasteiger partial charge in [0.1, 0.15) is 5.82 Å². The molecular formula is C11H16FN3. The van der Waals surface area contributed by atoms with Crippen LogP contribution in [0.25, 0.3) is 0 Å². The SMILES string of the molecule is CCCN=C(N)N(C)c1ccc(F)cc1. The van der Waals surface area contributed by atoms with Crippen molar-refractivity contribution >= 4 is 11.6 Å². The average Bonchev–Trinajstić information content (AvgIpc) is 2.26. The van der Waals surface area contributed by atoms with E-state index in [1.54, 1.807) is 17.0 Å². The quantitative estimate of drug-likeness (QED) is 0.611. The van der Waals surface area contributed by atoms with Gasteiger partial charge in [-0.15, -0.1) is 0 Å². The van der Waals surface area contributed by atoms with Crippen molar-refractivity contribution in [3.05, 3.63) is 30.1 Å². The molecular weight excluding hydrogens is 193 g/mol. The van der Waals surface area contributed by atoms with Gasteiger partial charge in [-0.2, -0.15) is 0 Å². The maximum absolute atomic E-state index is 12.7. The molecule has 0 heterocycles. The average molecular weight is 209 g/mol. The number of nitrogens with zero attached hydrogens (tertiary/aromatic N) is 2. The molecule has 1 aromatic rings. The van der Waals surface area contributed by atoms with E-state index in [1.807, 2.05) is 14.0 Å². The number of guanidine groups is 1. The van der Waals surface area contributed by atoms with E-state index < -0.39 is 0 Å². The zero-order chi connectivity index (χ0) is 11.3. The third kappa shape index (κ3) is 3.23. The first kappa shape index (κ1) is 11.5. The summed E-state index contributed by atoms with van der Waals surface area (Å²) in [6, 6.07) is 6.14. The number of rotatable bonds is 3. The van der Waals surface area contributed by atoms with Crippen molar-refractivity contribution < 1.29 is 4.39 Å². The number of nitrogens with two attached hydrogens (primary N) is 1. The fourth-order valence-electron chi connectivity index (χ4n) is 1.13. The zero-order valence-corrected chi connectivity index (χ0v) is 9.07. The van der Waals surface area contributed by atoms with Gasteiger partial charge in [-0.3, -0.25) is 4.99 Å². The summed E-state index contributed by atoms with van der Waals surface area (Å²) in [4.78, 5) is 5.90. The van der Waals surface area contributed by atoms with E-state index in [4.69, 9.17) is 5.73 Å². The minimum atomic E-state index is -0.254. The first-order valence-electron chi connectivity index (χ1n) is 4.94. The van der Waals surface area contributed by atoms with Crippen LogP contribution in [0.5, 0.6) is 0 Å². The number of benzene rings is 1. The second-order valence-electron chi connectivity index (χ2n) is 3.28. The van der Waals surface area contributed by atoms with Crippen molar-refractivity contribution in [2.75, 3.05) is 18.5 Å². The highest BCUT2D eigenvalue weighted by Crippen LogP contribution is 2.12. The minimum Gasteiger partial charge on any atom is -0.370 e.